The number of carbonyl (C=O) groups excluding carboxylic acids is 1. The molecule has 5 heteroatoms. The Bertz CT molecular complexity index is 655. The Hall–Kier alpha value is -1.88. The van der Waals surface area contributed by atoms with Crippen molar-refractivity contribution in [2.24, 2.45) is 0 Å². The maximum atomic E-state index is 12.9. The number of aromatic nitrogens is 2. The van der Waals surface area contributed by atoms with Gasteiger partial charge >= 0.3 is 0 Å². The van der Waals surface area contributed by atoms with E-state index in [2.05, 4.69) is 15.3 Å². The number of carbonyl (C=O) groups is 1. The second-order valence-electron chi connectivity index (χ2n) is 6.07. The fourth-order valence-electron chi connectivity index (χ4n) is 3.19. The molecule has 0 bridgehead atoms. The molecule has 3 heterocycles. The van der Waals surface area contributed by atoms with Gasteiger partial charge in [0.2, 0.25) is 0 Å². The summed E-state index contributed by atoms with van der Waals surface area (Å²) in [6, 6.07) is 6.72. The van der Waals surface area contributed by atoms with E-state index in [0.29, 0.717) is 12.1 Å². The predicted octanol–water partition coefficient (Wildman–Crippen LogP) is 1.69. The van der Waals surface area contributed by atoms with E-state index in [1.54, 1.807) is 10.7 Å². The van der Waals surface area contributed by atoms with Crippen molar-refractivity contribution < 1.29 is 4.79 Å². The number of hydrogen-bond donors (Lipinski definition) is 1. The molecule has 21 heavy (non-hydrogen) atoms. The Labute approximate surface area is 123 Å². The van der Waals surface area contributed by atoms with Crippen LogP contribution in [0.2, 0.25) is 0 Å². The van der Waals surface area contributed by atoms with Gasteiger partial charge < -0.3 is 10.2 Å². The molecule has 1 aliphatic heterocycles. The molecule has 0 aromatic carbocycles. The lowest BCUT2D eigenvalue weighted by Gasteiger charge is -2.25. The summed E-state index contributed by atoms with van der Waals surface area (Å²) in [5, 5.41) is 7.78. The van der Waals surface area contributed by atoms with Crippen molar-refractivity contribution in [1.82, 2.24) is 19.8 Å². The summed E-state index contributed by atoms with van der Waals surface area (Å²) in [4.78, 5) is 15.0. The fourth-order valence-corrected chi connectivity index (χ4v) is 3.19. The summed E-state index contributed by atoms with van der Waals surface area (Å²) >= 11 is 0. The smallest absolute Gasteiger partial charge is 0.257 e. The number of hydrogen-bond acceptors (Lipinski definition) is 3. The van der Waals surface area contributed by atoms with E-state index >= 15 is 0 Å². The van der Waals surface area contributed by atoms with E-state index < -0.39 is 0 Å². The van der Waals surface area contributed by atoms with Gasteiger partial charge in [0.05, 0.1) is 17.3 Å². The Morgan fingerprint density at radius 2 is 2.29 bits per heavy atom. The topological polar surface area (TPSA) is 49.6 Å². The van der Waals surface area contributed by atoms with Crippen molar-refractivity contribution in [1.29, 1.82) is 0 Å². The van der Waals surface area contributed by atoms with E-state index in [1.165, 1.54) is 12.8 Å². The van der Waals surface area contributed by atoms with Crippen LogP contribution in [-0.4, -0.2) is 45.6 Å². The van der Waals surface area contributed by atoms with E-state index in [4.69, 9.17) is 0 Å². The minimum atomic E-state index is 0.132. The number of nitrogens with one attached hydrogen (secondary N) is 1. The third kappa shape index (κ3) is 2.42. The minimum Gasteiger partial charge on any atom is -0.334 e. The average Bonchev–Trinajstić information content (AvgIpc) is 3.05. The van der Waals surface area contributed by atoms with Crippen LogP contribution in [-0.2, 0) is 0 Å². The van der Waals surface area contributed by atoms with Crippen molar-refractivity contribution in [3.05, 3.63) is 36.2 Å². The van der Waals surface area contributed by atoms with E-state index in [-0.39, 0.29) is 5.91 Å². The molecular weight excluding hydrogens is 264 g/mol. The van der Waals surface area contributed by atoms with Crippen LogP contribution in [0, 0.1) is 0 Å². The SMILES string of the molecule is O=C(c1cnn2ccccc12)N(CC1CCCN1)C1CC1. The number of rotatable bonds is 4. The quantitative estimate of drug-likeness (QED) is 0.929. The van der Waals surface area contributed by atoms with Crippen molar-refractivity contribution in [3.8, 4) is 0 Å². The number of nitrogens with zero attached hydrogens (tertiary/aromatic N) is 3. The van der Waals surface area contributed by atoms with Gasteiger partial charge in [-0.2, -0.15) is 5.10 Å². The highest BCUT2D eigenvalue weighted by Crippen LogP contribution is 2.29. The third-order valence-electron chi connectivity index (χ3n) is 4.48. The number of fused-ring (bicyclic) bond motifs is 1. The number of amides is 1. The van der Waals surface area contributed by atoms with Crippen molar-refractivity contribution in [2.75, 3.05) is 13.1 Å². The van der Waals surface area contributed by atoms with Crippen LogP contribution in [0.15, 0.2) is 30.6 Å². The van der Waals surface area contributed by atoms with Gasteiger partial charge in [0.25, 0.3) is 5.91 Å². The van der Waals surface area contributed by atoms with Crippen LogP contribution in [0.3, 0.4) is 0 Å². The molecule has 1 saturated heterocycles. The Kier molecular flexibility index (Phi) is 3.15. The maximum Gasteiger partial charge on any atom is 0.257 e. The lowest BCUT2D eigenvalue weighted by molar-refractivity contribution is 0.0730. The molecule has 1 saturated carbocycles. The molecule has 0 radical (unpaired) electrons. The van der Waals surface area contributed by atoms with Gasteiger partial charge in [-0.15, -0.1) is 0 Å². The van der Waals surface area contributed by atoms with Crippen LogP contribution >= 0.6 is 0 Å². The molecule has 110 valence electrons. The molecule has 5 nitrogen and oxygen atoms in total. The number of pyridine rings is 1. The summed E-state index contributed by atoms with van der Waals surface area (Å²) in [5.74, 6) is 0.132. The second kappa shape index (κ2) is 5.15. The highest BCUT2D eigenvalue weighted by molar-refractivity contribution is 6.00. The summed E-state index contributed by atoms with van der Waals surface area (Å²) < 4.78 is 1.77. The van der Waals surface area contributed by atoms with Gasteiger partial charge in [-0.1, -0.05) is 6.07 Å². The van der Waals surface area contributed by atoms with Gasteiger partial charge in [-0.05, 0) is 44.4 Å². The Morgan fingerprint density at radius 3 is 3.05 bits per heavy atom. The van der Waals surface area contributed by atoms with Gasteiger partial charge in [-0.3, -0.25) is 4.79 Å². The zero-order valence-corrected chi connectivity index (χ0v) is 12.0. The standard InChI is InChI=1S/C16H20N4O/c21-16(14-10-18-20-9-2-1-5-15(14)20)19(13-6-7-13)11-12-4-3-8-17-12/h1-2,5,9-10,12-13,17H,3-4,6-8,11H2. The van der Waals surface area contributed by atoms with Crippen LogP contribution in [0.5, 0.6) is 0 Å². The molecule has 1 atom stereocenters. The molecule has 1 aliphatic carbocycles. The highest BCUT2D eigenvalue weighted by Gasteiger charge is 2.35. The zero-order valence-electron chi connectivity index (χ0n) is 12.0. The molecule has 0 spiro atoms. The Morgan fingerprint density at radius 1 is 1.38 bits per heavy atom. The van der Waals surface area contributed by atoms with E-state index in [0.717, 1.165) is 37.0 Å². The lowest BCUT2D eigenvalue weighted by atomic mass is 10.1. The average molecular weight is 284 g/mol. The minimum absolute atomic E-state index is 0.132. The summed E-state index contributed by atoms with van der Waals surface area (Å²) in [6.07, 6.45) is 8.25. The predicted molar refractivity (Wildman–Crippen MR) is 80.3 cm³/mol. The first kappa shape index (κ1) is 12.8. The van der Waals surface area contributed by atoms with Gasteiger partial charge in [0.15, 0.2) is 0 Å². The first-order valence-corrected chi connectivity index (χ1v) is 7.79. The molecule has 1 unspecified atom stereocenters. The zero-order chi connectivity index (χ0) is 14.2. The lowest BCUT2D eigenvalue weighted by Crippen LogP contribution is -2.42. The molecule has 1 N–H and O–H groups in total. The molecular formula is C16H20N4O. The van der Waals surface area contributed by atoms with Crippen LogP contribution < -0.4 is 5.32 Å². The van der Waals surface area contributed by atoms with Crippen LogP contribution in [0.4, 0.5) is 0 Å². The Balaban J connectivity index is 1.61. The van der Waals surface area contributed by atoms with Crippen molar-refractivity contribution in [3.63, 3.8) is 0 Å². The first-order chi connectivity index (χ1) is 10.3. The molecule has 2 aliphatic rings. The molecule has 4 rings (SSSR count). The highest BCUT2D eigenvalue weighted by atomic mass is 16.2. The summed E-state index contributed by atoms with van der Waals surface area (Å²) in [7, 11) is 0. The van der Waals surface area contributed by atoms with Crippen LogP contribution in [0.1, 0.15) is 36.0 Å². The van der Waals surface area contributed by atoms with Crippen molar-refractivity contribution >= 4 is 11.4 Å². The monoisotopic (exact) mass is 284 g/mol. The fraction of sp³-hybridized carbons (Fsp3) is 0.500. The van der Waals surface area contributed by atoms with E-state index in [1.807, 2.05) is 24.4 Å². The molecule has 2 aromatic rings. The van der Waals surface area contributed by atoms with Gasteiger partial charge in [0, 0.05) is 24.8 Å². The normalized spacial score (nSPS) is 21.8. The van der Waals surface area contributed by atoms with Crippen LogP contribution in [0.25, 0.3) is 5.52 Å². The molecule has 1 amide bonds. The molecule has 2 aromatic heterocycles. The first-order valence-electron chi connectivity index (χ1n) is 7.79. The summed E-state index contributed by atoms with van der Waals surface area (Å²) in [5.41, 5.74) is 1.62. The van der Waals surface area contributed by atoms with Gasteiger partial charge in [-0.25, -0.2) is 4.52 Å². The maximum absolute atomic E-state index is 12.9. The van der Waals surface area contributed by atoms with Gasteiger partial charge in [0.1, 0.15) is 0 Å². The molecule has 2 fully saturated rings. The largest absolute Gasteiger partial charge is 0.334 e. The third-order valence-corrected chi connectivity index (χ3v) is 4.48. The second-order valence-corrected chi connectivity index (χ2v) is 6.07. The summed E-state index contributed by atoms with van der Waals surface area (Å²) in [6.45, 7) is 1.90. The van der Waals surface area contributed by atoms with Crippen molar-refractivity contribution in [2.45, 2.75) is 37.8 Å². The van der Waals surface area contributed by atoms with E-state index in [9.17, 15) is 4.79 Å².